The van der Waals surface area contributed by atoms with Crippen molar-refractivity contribution in [3.8, 4) is 22.6 Å². The molecule has 0 bridgehead atoms. The maximum absolute atomic E-state index is 13.8. The van der Waals surface area contributed by atoms with Gasteiger partial charge in [-0.3, -0.25) is 9.69 Å². The van der Waals surface area contributed by atoms with Gasteiger partial charge in [-0.05, 0) is 55.3 Å². The molecule has 6 aromatic rings. The van der Waals surface area contributed by atoms with Crippen LogP contribution in [0.4, 0.5) is 8.78 Å². The highest BCUT2D eigenvalue weighted by molar-refractivity contribution is 5.97. The van der Waals surface area contributed by atoms with Gasteiger partial charge in [-0.2, -0.15) is 9.49 Å². The van der Waals surface area contributed by atoms with Crippen LogP contribution in [0, 0.1) is 11.8 Å². The van der Waals surface area contributed by atoms with Gasteiger partial charge in [-0.25, -0.2) is 28.8 Å². The van der Waals surface area contributed by atoms with Gasteiger partial charge in [0.1, 0.15) is 11.5 Å². The number of ketones is 1. The molecule has 0 atom stereocenters. The summed E-state index contributed by atoms with van der Waals surface area (Å²) in [5.41, 5.74) is 5.43. The summed E-state index contributed by atoms with van der Waals surface area (Å²) in [7, 11) is 0. The van der Waals surface area contributed by atoms with E-state index in [9.17, 15) is 13.6 Å². The molecule has 1 fully saturated rings. The molecule has 1 aliphatic rings. The Hall–Kier alpha value is -5.10. The molecule has 0 spiro atoms. The van der Waals surface area contributed by atoms with Crippen LogP contribution in [0.15, 0.2) is 79.8 Å². The number of likely N-dealkylation sites (tertiary alicyclic amines) is 1. The molecule has 0 radical (unpaired) electrons. The maximum atomic E-state index is 13.8. The van der Waals surface area contributed by atoms with Crippen molar-refractivity contribution in [2.24, 2.45) is 0 Å². The van der Waals surface area contributed by atoms with Crippen molar-refractivity contribution in [1.29, 1.82) is 0 Å². The number of pyridine rings is 1. The zero-order valence-electron chi connectivity index (χ0n) is 23.1. The Labute approximate surface area is 245 Å². The summed E-state index contributed by atoms with van der Waals surface area (Å²) in [5, 5.41) is 4.87. The van der Waals surface area contributed by atoms with E-state index < -0.39 is 5.95 Å². The van der Waals surface area contributed by atoms with Crippen molar-refractivity contribution in [2.45, 2.75) is 31.8 Å². The zero-order valence-corrected chi connectivity index (χ0v) is 23.1. The molecular weight excluding hydrogens is 552 g/mol. The summed E-state index contributed by atoms with van der Waals surface area (Å²) < 4.78 is 31.1. The normalized spacial score (nSPS) is 14.5. The highest BCUT2D eigenvalue weighted by Crippen LogP contribution is 2.35. The predicted molar refractivity (Wildman–Crippen MR) is 154 cm³/mol. The van der Waals surface area contributed by atoms with Crippen LogP contribution in [0.25, 0.3) is 28.3 Å². The predicted octanol–water partition coefficient (Wildman–Crippen LogP) is 4.92. The molecule has 1 aromatic carbocycles. The number of aromatic amines is 1. The molecule has 43 heavy (non-hydrogen) atoms. The SMILES string of the molecule is O=C(Cc1cn2nc(-c3c(-c4ccc(F)cc4)ncn3C3CCN(Cc4cnc[nH]4)CC3)ccc2n1)c1ccnc(F)c1. The molecule has 12 heteroatoms. The van der Waals surface area contributed by atoms with Crippen molar-refractivity contribution < 1.29 is 13.6 Å². The van der Waals surface area contributed by atoms with E-state index in [0.29, 0.717) is 22.7 Å². The lowest BCUT2D eigenvalue weighted by Crippen LogP contribution is -2.34. The van der Waals surface area contributed by atoms with Crippen LogP contribution in [0.2, 0.25) is 0 Å². The van der Waals surface area contributed by atoms with Crippen molar-refractivity contribution >= 4 is 11.4 Å². The molecular formula is C31H27F2N9O. The van der Waals surface area contributed by atoms with E-state index in [1.807, 2.05) is 24.7 Å². The molecule has 1 saturated heterocycles. The highest BCUT2D eigenvalue weighted by Gasteiger charge is 2.26. The Kier molecular flexibility index (Phi) is 7.03. The number of halogens is 2. The number of hydrogen-bond donors (Lipinski definition) is 1. The smallest absolute Gasteiger partial charge is 0.213 e. The fourth-order valence-electron chi connectivity index (χ4n) is 5.66. The van der Waals surface area contributed by atoms with Crippen molar-refractivity contribution in [2.75, 3.05) is 13.1 Å². The average Bonchev–Trinajstić information content (AvgIpc) is 3.78. The van der Waals surface area contributed by atoms with Gasteiger partial charge < -0.3 is 9.55 Å². The van der Waals surface area contributed by atoms with Gasteiger partial charge in [-0.15, -0.1) is 0 Å². The summed E-state index contributed by atoms with van der Waals surface area (Å²) in [6.45, 7) is 2.66. The minimum atomic E-state index is -0.704. The molecule has 0 aliphatic carbocycles. The molecule has 216 valence electrons. The number of carbonyl (C=O) groups is 1. The van der Waals surface area contributed by atoms with Crippen LogP contribution >= 0.6 is 0 Å². The van der Waals surface area contributed by atoms with Gasteiger partial charge in [0.2, 0.25) is 5.95 Å². The van der Waals surface area contributed by atoms with Crippen LogP contribution in [0.3, 0.4) is 0 Å². The van der Waals surface area contributed by atoms with Gasteiger partial charge in [0, 0.05) is 61.0 Å². The lowest BCUT2D eigenvalue weighted by Gasteiger charge is -2.33. The summed E-state index contributed by atoms with van der Waals surface area (Å²) in [4.78, 5) is 35.3. The fraction of sp³-hybridized carbons (Fsp3) is 0.226. The van der Waals surface area contributed by atoms with E-state index >= 15 is 0 Å². The topological polar surface area (TPSA) is 110 Å². The third-order valence-corrected chi connectivity index (χ3v) is 7.81. The van der Waals surface area contributed by atoms with Crippen LogP contribution < -0.4 is 0 Å². The second kappa shape index (κ2) is 11.3. The Bertz CT molecular complexity index is 1890. The van der Waals surface area contributed by atoms with E-state index in [1.54, 1.807) is 29.2 Å². The second-order valence-electron chi connectivity index (χ2n) is 10.7. The quantitative estimate of drug-likeness (QED) is 0.201. The Morgan fingerprint density at radius 3 is 2.63 bits per heavy atom. The molecule has 0 amide bonds. The van der Waals surface area contributed by atoms with Crippen LogP contribution in [-0.4, -0.2) is 62.9 Å². The molecule has 5 aromatic heterocycles. The second-order valence-corrected chi connectivity index (χ2v) is 10.7. The van der Waals surface area contributed by atoms with Crippen LogP contribution in [0.5, 0.6) is 0 Å². The molecule has 1 N–H and O–H groups in total. The van der Waals surface area contributed by atoms with Crippen molar-refractivity contribution in [1.82, 2.24) is 44.0 Å². The Morgan fingerprint density at radius 2 is 1.86 bits per heavy atom. The monoisotopic (exact) mass is 579 g/mol. The Morgan fingerprint density at radius 1 is 1.02 bits per heavy atom. The third-order valence-electron chi connectivity index (χ3n) is 7.81. The standard InChI is InChI=1S/C31H27F2N9O/c32-22-3-1-20(2-4-22)30-31(41(19-37-30)25-8-11-40(12-9-25)16-24-15-34-18-36-24)26-5-6-29-38-23(17-42(29)39-26)14-27(43)21-7-10-35-28(33)13-21/h1-7,10,13,15,17-19,25H,8-9,11-12,14,16H2,(H,34,36). The number of H-pyrrole nitrogens is 1. The molecule has 7 rings (SSSR count). The number of Topliss-reactive ketones (excluding diaryl/α,β-unsaturated/α-hetero) is 1. The number of nitrogens with zero attached hydrogens (tertiary/aromatic N) is 8. The largest absolute Gasteiger partial charge is 0.347 e. The molecule has 1 aliphatic heterocycles. The number of rotatable bonds is 8. The van der Waals surface area contributed by atoms with Gasteiger partial charge in [-0.1, -0.05) is 0 Å². The number of nitrogens with one attached hydrogen (secondary N) is 1. The van der Waals surface area contributed by atoms with Gasteiger partial charge in [0.05, 0.1) is 42.4 Å². The lowest BCUT2D eigenvalue weighted by molar-refractivity contribution is 0.0991. The molecule has 6 heterocycles. The fourth-order valence-corrected chi connectivity index (χ4v) is 5.66. The number of aromatic nitrogens is 8. The van der Waals surface area contributed by atoms with Crippen LogP contribution in [-0.2, 0) is 13.0 Å². The summed E-state index contributed by atoms with van der Waals surface area (Å²) >= 11 is 0. The number of hydrogen-bond acceptors (Lipinski definition) is 7. The van der Waals surface area contributed by atoms with E-state index in [1.165, 1.54) is 24.4 Å². The minimum absolute atomic E-state index is 0.00195. The first kappa shape index (κ1) is 26.8. The zero-order chi connectivity index (χ0) is 29.3. The number of piperidine rings is 1. The number of fused-ring (bicyclic) bond motifs is 1. The highest BCUT2D eigenvalue weighted by atomic mass is 19.1. The number of imidazole rings is 3. The van der Waals surface area contributed by atoms with Gasteiger partial charge in [0.25, 0.3) is 0 Å². The lowest BCUT2D eigenvalue weighted by atomic mass is 10.0. The maximum Gasteiger partial charge on any atom is 0.213 e. The minimum Gasteiger partial charge on any atom is -0.347 e. The van der Waals surface area contributed by atoms with Gasteiger partial charge >= 0.3 is 0 Å². The average molecular weight is 580 g/mol. The first-order valence-corrected chi connectivity index (χ1v) is 14.0. The molecule has 10 nitrogen and oxygen atoms in total. The summed E-state index contributed by atoms with van der Waals surface area (Å²) in [5.74, 6) is -1.28. The van der Waals surface area contributed by atoms with Gasteiger partial charge in [0.15, 0.2) is 11.4 Å². The van der Waals surface area contributed by atoms with Crippen LogP contribution in [0.1, 0.15) is 40.6 Å². The van der Waals surface area contributed by atoms with Crippen molar-refractivity contribution in [3.63, 3.8) is 0 Å². The Balaban J connectivity index is 1.20. The van der Waals surface area contributed by atoms with E-state index in [0.717, 1.165) is 55.5 Å². The summed E-state index contributed by atoms with van der Waals surface area (Å²) in [6.07, 6.45) is 10.2. The molecule has 0 unspecified atom stereocenters. The first-order valence-electron chi connectivity index (χ1n) is 14.0. The number of carbonyl (C=O) groups excluding carboxylic acids is 1. The number of benzene rings is 1. The van der Waals surface area contributed by atoms with Crippen molar-refractivity contribution in [3.05, 3.63) is 108 Å². The third kappa shape index (κ3) is 5.56. The summed E-state index contributed by atoms with van der Waals surface area (Å²) in [6, 6.07) is 12.8. The van der Waals surface area contributed by atoms with E-state index in [-0.39, 0.29) is 29.6 Å². The van der Waals surface area contributed by atoms with E-state index in [4.69, 9.17) is 10.1 Å². The van der Waals surface area contributed by atoms with E-state index in [2.05, 4.69) is 29.4 Å². The first-order chi connectivity index (χ1) is 21.0. The molecule has 0 saturated carbocycles.